The van der Waals surface area contributed by atoms with E-state index in [4.69, 9.17) is 0 Å². The zero-order chi connectivity index (χ0) is 20.6. The first kappa shape index (κ1) is 19.4. The zero-order valence-corrected chi connectivity index (χ0v) is 18.0. The van der Waals surface area contributed by atoms with Crippen molar-refractivity contribution in [3.05, 3.63) is 71.1 Å². The average molecular weight is 446 g/mol. The van der Waals surface area contributed by atoms with Gasteiger partial charge in [-0.15, -0.1) is 0 Å². The lowest BCUT2D eigenvalue weighted by Gasteiger charge is -2.09. The third-order valence-electron chi connectivity index (χ3n) is 4.53. The van der Waals surface area contributed by atoms with E-state index in [1.165, 1.54) is 0 Å². The maximum absolute atomic E-state index is 9.85. The second-order valence-electron chi connectivity index (χ2n) is 7.47. The molecule has 29 heavy (non-hydrogen) atoms. The molecule has 0 aliphatic rings. The molecule has 0 saturated heterocycles. The quantitative estimate of drug-likeness (QED) is 0.432. The Morgan fingerprint density at radius 1 is 1.07 bits per heavy atom. The number of benzene rings is 2. The summed E-state index contributed by atoms with van der Waals surface area (Å²) in [7, 11) is 2.00. The molecule has 0 saturated carbocycles. The Balaban J connectivity index is 1.84. The van der Waals surface area contributed by atoms with Crippen LogP contribution >= 0.6 is 15.9 Å². The van der Waals surface area contributed by atoms with Crippen LogP contribution < -0.4 is 0 Å². The van der Waals surface area contributed by atoms with Crippen LogP contribution in [0.5, 0.6) is 0 Å². The van der Waals surface area contributed by atoms with E-state index in [0.717, 1.165) is 43.5 Å². The molecule has 0 aliphatic carbocycles. The third-order valence-corrected chi connectivity index (χ3v) is 5.22. The molecule has 1 N–H and O–H groups in total. The second kappa shape index (κ2) is 7.47. The third kappa shape index (κ3) is 4.09. The molecular formula is C24H20BrN3O. The Hall–Kier alpha value is -2.94. The maximum Gasteiger partial charge on any atom is 0.120 e. The summed E-state index contributed by atoms with van der Waals surface area (Å²) in [5.41, 5.74) is 4.68. The number of hydrogen-bond acceptors (Lipinski definition) is 3. The summed E-state index contributed by atoms with van der Waals surface area (Å²) in [6.45, 7) is 3.33. The molecule has 2 aromatic heterocycles. The number of aryl methyl sites for hydroxylation is 1. The summed E-state index contributed by atoms with van der Waals surface area (Å²) in [5.74, 6) is 5.84. The molecule has 0 spiro atoms. The van der Waals surface area contributed by atoms with Crippen molar-refractivity contribution in [2.45, 2.75) is 19.4 Å². The van der Waals surface area contributed by atoms with Gasteiger partial charge in [0.2, 0.25) is 0 Å². The number of halogens is 1. The van der Waals surface area contributed by atoms with Crippen molar-refractivity contribution in [1.82, 2.24) is 14.5 Å². The number of aromatic nitrogens is 3. The Bertz CT molecular complexity index is 1270. The topological polar surface area (TPSA) is 50.9 Å². The first-order valence-electron chi connectivity index (χ1n) is 9.24. The van der Waals surface area contributed by atoms with E-state index < -0.39 is 5.60 Å². The van der Waals surface area contributed by atoms with Gasteiger partial charge in [0, 0.05) is 39.8 Å². The van der Waals surface area contributed by atoms with Gasteiger partial charge in [-0.3, -0.25) is 4.98 Å². The molecule has 0 radical (unpaired) electrons. The van der Waals surface area contributed by atoms with E-state index in [2.05, 4.69) is 55.9 Å². The average Bonchev–Trinajstić information content (AvgIpc) is 3.07. The summed E-state index contributed by atoms with van der Waals surface area (Å²) < 4.78 is 3.04. The molecule has 0 unspecified atom stereocenters. The van der Waals surface area contributed by atoms with Crippen molar-refractivity contribution in [2.24, 2.45) is 7.05 Å². The van der Waals surface area contributed by atoms with Gasteiger partial charge in [-0.1, -0.05) is 52.0 Å². The van der Waals surface area contributed by atoms with Crippen molar-refractivity contribution in [3.63, 3.8) is 0 Å². The zero-order valence-electron chi connectivity index (χ0n) is 16.4. The van der Waals surface area contributed by atoms with Gasteiger partial charge in [0.15, 0.2) is 0 Å². The van der Waals surface area contributed by atoms with Crippen LogP contribution in [-0.2, 0) is 7.05 Å². The highest BCUT2D eigenvalue weighted by Crippen LogP contribution is 2.35. The number of aliphatic hydroxyl groups is 1. The van der Waals surface area contributed by atoms with Gasteiger partial charge in [0.25, 0.3) is 0 Å². The molecule has 0 atom stereocenters. The lowest BCUT2D eigenvalue weighted by atomic mass is 10.0. The summed E-state index contributed by atoms with van der Waals surface area (Å²) in [4.78, 5) is 9.15. The van der Waals surface area contributed by atoms with Crippen LogP contribution in [0.4, 0.5) is 0 Å². The van der Waals surface area contributed by atoms with Crippen molar-refractivity contribution in [1.29, 1.82) is 0 Å². The molecule has 144 valence electrons. The number of rotatable bonds is 2. The fourth-order valence-electron chi connectivity index (χ4n) is 3.19. The fourth-order valence-corrected chi connectivity index (χ4v) is 3.67. The van der Waals surface area contributed by atoms with E-state index >= 15 is 0 Å². The van der Waals surface area contributed by atoms with E-state index in [0.29, 0.717) is 0 Å². The first-order chi connectivity index (χ1) is 13.8. The smallest absolute Gasteiger partial charge is 0.120 e. The van der Waals surface area contributed by atoms with Gasteiger partial charge in [-0.05, 0) is 38.1 Å². The Morgan fingerprint density at radius 3 is 2.62 bits per heavy atom. The fraction of sp³-hybridized carbons (Fsp3) is 0.167. The molecule has 2 aromatic carbocycles. The van der Waals surface area contributed by atoms with Gasteiger partial charge in [-0.25, -0.2) is 4.98 Å². The molecule has 0 bridgehead atoms. The Labute approximate surface area is 178 Å². The van der Waals surface area contributed by atoms with E-state index in [1.54, 1.807) is 20.0 Å². The van der Waals surface area contributed by atoms with Crippen LogP contribution in [0.2, 0.25) is 0 Å². The summed E-state index contributed by atoms with van der Waals surface area (Å²) >= 11 is 3.64. The number of nitrogens with zero attached hydrogens (tertiary/aromatic N) is 3. The van der Waals surface area contributed by atoms with Gasteiger partial charge >= 0.3 is 0 Å². The SMILES string of the molecule is Cn1cnc(-c2ccccc2Br)c1-c1ccc2ncc(C#CC(C)(C)O)cc2c1. The molecule has 5 heteroatoms. The lowest BCUT2D eigenvalue weighted by Crippen LogP contribution is -2.14. The Morgan fingerprint density at radius 2 is 1.86 bits per heavy atom. The normalized spacial score (nSPS) is 11.3. The van der Waals surface area contributed by atoms with Crippen molar-refractivity contribution < 1.29 is 5.11 Å². The minimum atomic E-state index is -1.04. The standard InChI is InChI=1S/C24H20BrN3O/c1-24(2,29)11-10-16-12-18-13-17(8-9-21(18)26-14-16)23-22(27-15-28(23)3)19-6-4-5-7-20(19)25/h4-9,12-15,29H,1-3H3. The molecule has 0 amide bonds. The number of imidazole rings is 1. The molecule has 0 aliphatic heterocycles. The second-order valence-corrected chi connectivity index (χ2v) is 8.33. The Kier molecular flexibility index (Phi) is 4.99. The number of fused-ring (bicyclic) bond motifs is 1. The molecule has 4 nitrogen and oxygen atoms in total. The summed E-state index contributed by atoms with van der Waals surface area (Å²) in [5, 5.41) is 10.8. The van der Waals surface area contributed by atoms with E-state index in [1.807, 2.05) is 48.3 Å². The van der Waals surface area contributed by atoms with E-state index in [9.17, 15) is 5.11 Å². The summed E-state index contributed by atoms with van der Waals surface area (Å²) in [6.07, 6.45) is 3.56. The molecule has 4 rings (SSSR count). The van der Waals surface area contributed by atoms with Crippen LogP contribution in [0.25, 0.3) is 33.4 Å². The van der Waals surface area contributed by atoms with Crippen molar-refractivity contribution in [3.8, 4) is 34.4 Å². The van der Waals surface area contributed by atoms with Crippen LogP contribution in [0.3, 0.4) is 0 Å². The molecule has 4 aromatic rings. The predicted molar refractivity (Wildman–Crippen MR) is 120 cm³/mol. The van der Waals surface area contributed by atoms with Crippen LogP contribution in [0.15, 0.2) is 65.5 Å². The number of hydrogen-bond donors (Lipinski definition) is 1. The maximum atomic E-state index is 9.85. The predicted octanol–water partition coefficient (Wildman–Crippen LogP) is 5.19. The van der Waals surface area contributed by atoms with Gasteiger partial charge in [-0.2, -0.15) is 0 Å². The highest BCUT2D eigenvalue weighted by molar-refractivity contribution is 9.10. The van der Waals surface area contributed by atoms with Gasteiger partial charge in [0.05, 0.1) is 23.2 Å². The van der Waals surface area contributed by atoms with Gasteiger partial charge < -0.3 is 9.67 Å². The van der Waals surface area contributed by atoms with E-state index in [-0.39, 0.29) is 0 Å². The molecule has 0 fully saturated rings. The minimum absolute atomic E-state index is 0.771. The number of pyridine rings is 1. The van der Waals surface area contributed by atoms with Gasteiger partial charge in [0.1, 0.15) is 5.60 Å². The van der Waals surface area contributed by atoms with Crippen LogP contribution in [0.1, 0.15) is 19.4 Å². The van der Waals surface area contributed by atoms with Crippen LogP contribution in [0, 0.1) is 11.8 Å². The van der Waals surface area contributed by atoms with Crippen molar-refractivity contribution in [2.75, 3.05) is 0 Å². The molecule has 2 heterocycles. The highest BCUT2D eigenvalue weighted by Gasteiger charge is 2.16. The lowest BCUT2D eigenvalue weighted by molar-refractivity contribution is 0.143. The largest absolute Gasteiger partial charge is 0.378 e. The molecular weight excluding hydrogens is 426 g/mol. The van der Waals surface area contributed by atoms with Crippen molar-refractivity contribution >= 4 is 26.8 Å². The monoisotopic (exact) mass is 445 g/mol. The first-order valence-corrected chi connectivity index (χ1v) is 10.0. The summed E-state index contributed by atoms with van der Waals surface area (Å²) in [6, 6.07) is 16.3. The van der Waals surface area contributed by atoms with Crippen LogP contribution in [-0.4, -0.2) is 25.2 Å². The highest BCUT2D eigenvalue weighted by atomic mass is 79.9. The minimum Gasteiger partial charge on any atom is -0.378 e.